The monoisotopic (exact) mass is 475 g/mol. The van der Waals surface area contributed by atoms with Crippen molar-refractivity contribution in [3.05, 3.63) is 111 Å². The summed E-state index contributed by atoms with van der Waals surface area (Å²) in [6.07, 6.45) is 1.39. The number of nitro benzene ring substituents is 1. The Morgan fingerprint density at radius 2 is 1.88 bits per heavy atom. The molecular weight excluding hydrogens is 458 g/mol. The molecule has 0 bridgehead atoms. The van der Waals surface area contributed by atoms with Gasteiger partial charge in [0.25, 0.3) is 11.6 Å². The van der Waals surface area contributed by atoms with Crippen molar-refractivity contribution in [2.45, 2.75) is 6.61 Å². The number of nitrogens with zero attached hydrogens (tertiary/aromatic N) is 3. The van der Waals surface area contributed by atoms with Crippen molar-refractivity contribution in [1.29, 1.82) is 0 Å². The Hall–Kier alpha value is -4.50. The molecule has 0 atom stereocenters. The summed E-state index contributed by atoms with van der Waals surface area (Å²) in [6.45, 7) is 0.390. The highest BCUT2D eigenvalue weighted by Crippen LogP contribution is 2.24. The molecule has 1 heterocycles. The summed E-state index contributed by atoms with van der Waals surface area (Å²) >= 11 is 5.91. The third-order valence-corrected chi connectivity index (χ3v) is 5.01. The maximum atomic E-state index is 12.4. The van der Waals surface area contributed by atoms with Gasteiger partial charge >= 0.3 is 0 Å². The lowest BCUT2D eigenvalue weighted by atomic mass is 10.1. The largest absolute Gasteiger partial charge is 0.489 e. The molecule has 0 fully saturated rings. The van der Waals surface area contributed by atoms with Gasteiger partial charge in [-0.15, -0.1) is 0 Å². The first kappa shape index (κ1) is 22.7. The highest BCUT2D eigenvalue weighted by molar-refractivity contribution is 6.30. The molecule has 9 nitrogen and oxygen atoms in total. The highest BCUT2D eigenvalue weighted by Gasteiger charge is 2.11. The molecule has 0 aliphatic heterocycles. The third kappa shape index (κ3) is 5.84. The molecule has 0 saturated carbocycles. The van der Waals surface area contributed by atoms with E-state index in [1.165, 1.54) is 30.5 Å². The van der Waals surface area contributed by atoms with Crippen LogP contribution >= 0.6 is 11.6 Å². The van der Waals surface area contributed by atoms with E-state index in [4.69, 9.17) is 16.3 Å². The van der Waals surface area contributed by atoms with Gasteiger partial charge < -0.3 is 4.74 Å². The molecule has 4 aromatic rings. The number of carbonyl (C=O) groups excluding carboxylic acids is 1. The highest BCUT2D eigenvalue weighted by atomic mass is 35.5. The fourth-order valence-electron chi connectivity index (χ4n) is 2.99. The number of rotatable bonds is 8. The van der Waals surface area contributed by atoms with Crippen molar-refractivity contribution in [3.8, 4) is 17.0 Å². The van der Waals surface area contributed by atoms with Crippen molar-refractivity contribution in [2.75, 3.05) is 0 Å². The fourth-order valence-corrected chi connectivity index (χ4v) is 3.11. The Morgan fingerprint density at radius 1 is 1.12 bits per heavy atom. The van der Waals surface area contributed by atoms with Gasteiger partial charge in [-0.25, -0.2) is 5.43 Å². The fraction of sp³-hybridized carbons (Fsp3) is 0.0417. The second-order valence-electron chi connectivity index (χ2n) is 7.16. The number of aromatic nitrogens is 2. The number of halogens is 1. The van der Waals surface area contributed by atoms with Gasteiger partial charge in [0, 0.05) is 22.7 Å². The second-order valence-corrected chi connectivity index (χ2v) is 7.59. The maximum Gasteiger partial charge on any atom is 0.289 e. The maximum absolute atomic E-state index is 12.4. The topological polar surface area (TPSA) is 123 Å². The zero-order chi connectivity index (χ0) is 23.9. The minimum absolute atomic E-state index is 0.0226. The Labute approximate surface area is 199 Å². The minimum Gasteiger partial charge on any atom is -0.489 e. The van der Waals surface area contributed by atoms with E-state index in [9.17, 15) is 14.9 Å². The number of ether oxygens (including phenoxy) is 1. The van der Waals surface area contributed by atoms with E-state index in [2.05, 4.69) is 20.7 Å². The number of aromatic amines is 1. The van der Waals surface area contributed by atoms with Crippen LogP contribution in [0.5, 0.6) is 5.75 Å². The van der Waals surface area contributed by atoms with Crippen LogP contribution in [0.3, 0.4) is 0 Å². The van der Waals surface area contributed by atoms with Gasteiger partial charge in [-0.1, -0.05) is 35.9 Å². The summed E-state index contributed by atoms with van der Waals surface area (Å²) in [5.74, 6) is 0.182. The lowest BCUT2D eigenvalue weighted by Crippen LogP contribution is -2.17. The van der Waals surface area contributed by atoms with Gasteiger partial charge in [0.05, 0.1) is 16.8 Å². The van der Waals surface area contributed by atoms with E-state index in [1.807, 2.05) is 48.5 Å². The molecule has 2 N–H and O–H groups in total. The SMILES string of the molecule is O=C(N/N=C/c1ccc([N+](=O)[O-])cc1)c1cc(-c2cccc(OCc3ccc(Cl)cc3)c2)n[nH]1. The van der Waals surface area contributed by atoms with Crippen molar-refractivity contribution in [2.24, 2.45) is 5.10 Å². The van der Waals surface area contributed by atoms with Crippen LogP contribution in [0.1, 0.15) is 21.6 Å². The smallest absolute Gasteiger partial charge is 0.289 e. The van der Waals surface area contributed by atoms with Gasteiger partial charge in [0.2, 0.25) is 0 Å². The average molecular weight is 476 g/mol. The summed E-state index contributed by atoms with van der Waals surface area (Å²) in [5.41, 5.74) is 5.54. The Kier molecular flexibility index (Phi) is 6.95. The number of hydrogen-bond donors (Lipinski definition) is 2. The third-order valence-electron chi connectivity index (χ3n) is 4.75. The van der Waals surface area contributed by atoms with Gasteiger partial charge in [0.1, 0.15) is 18.1 Å². The van der Waals surface area contributed by atoms with E-state index in [0.29, 0.717) is 28.6 Å². The van der Waals surface area contributed by atoms with Crippen LogP contribution in [0, 0.1) is 10.1 Å². The zero-order valence-corrected chi connectivity index (χ0v) is 18.4. The van der Waals surface area contributed by atoms with Crippen LogP contribution < -0.4 is 10.2 Å². The van der Waals surface area contributed by atoms with Crippen molar-refractivity contribution in [3.63, 3.8) is 0 Å². The molecule has 1 aromatic heterocycles. The van der Waals surface area contributed by atoms with E-state index in [0.717, 1.165) is 11.1 Å². The van der Waals surface area contributed by atoms with Crippen LogP contribution in [0.2, 0.25) is 5.02 Å². The lowest BCUT2D eigenvalue weighted by Gasteiger charge is -2.07. The standard InChI is InChI=1S/C24H18ClN5O4/c25-19-8-4-17(5-9-19)15-34-21-3-1-2-18(12-21)22-13-23(28-27-22)24(31)29-26-14-16-6-10-20(11-7-16)30(32)33/h1-14H,15H2,(H,27,28)(H,29,31)/b26-14+. The summed E-state index contributed by atoms with van der Waals surface area (Å²) in [7, 11) is 0. The van der Waals surface area contributed by atoms with Crippen LogP contribution in [0.15, 0.2) is 84.0 Å². The summed E-state index contributed by atoms with van der Waals surface area (Å²) in [6, 6.07) is 22.2. The number of carbonyl (C=O) groups is 1. The normalized spacial score (nSPS) is 10.9. The number of hydrogen-bond acceptors (Lipinski definition) is 6. The van der Waals surface area contributed by atoms with Crippen LogP contribution in [0.25, 0.3) is 11.3 Å². The molecule has 4 rings (SSSR count). The van der Waals surface area contributed by atoms with Gasteiger partial charge in [-0.05, 0) is 53.6 Å². The second kappa shape index (κ2) is 10.4. The molecule has 0 aliphatic rings. The van der Waals surface area contributed by atoms with Crippen LogP contribution in [0.4, 0.5) is 5.69 Å². The number of nitrogens with one attached hydrogen (secondary N) is 2. The number of nitro groups is 1. The number of benzene rings is 3. The van der Waals surface area contributed by atoms with Crippen molar-refractivity contribution in [1.82, 2.24) is 15.6 Å². The lowest BCUT2D eigenvalue weighted by molar-refractivity contribution is -0.384. The van der Waals surface area contributed by atoms with Crippen molar-refractivity contribution < 1.29 is 14.5 Å². The van der Waals surface area contributed by atoms with Gasteiger partial charge in [-0.3, -0.25) is 20.0 Å². The molecular formula is C24H18ClN5O4. The molecule has 0 aliphatic carbocycles. The molecule has 0 unspecified atom stereocenters. The first-order valence-electron chi connectivity index (χ1n) is 10.1. The Morgan fingerprint density at radius 3 is 2.62 bits per heavy atom. The predicted octanol–water partition coefficient (Wildman–Crippen LogP) is 4.98. The molecule has 170 valence electrons. The van der Waals surface area contributed by atoms with E-state index in [-0.39, 0.29) is 11.4 Å². The van der Waals surface area contributed by atoms with E-state index in [1.54, 1.807) is 6.07 Å². The number of non-ortho nitro benzene ring substituents is 1. The molecule has 34 heavy (non-hydrogen) atoms. The Bertz CT molecular complexity index is 1330. The number of amides is 1. The first-order valence-corrected chi connectivity index (χ1v) is 10.5. The van der Waals surface area contributed by atoms with Crippen LogP contribution in [-0.4, -0.2) is 27.2 Å². The molecule has 10 heteroatoms. The molecule has 3 aromatic carbocycles. The summed E-state index contributed by atoms with van der Waals surface area (Å²) < 4.78 is 5.85. The molecule has 0 saturated heterocycles. The van der Waals surface area contributed by atoms with E-state index >= 15 is 0 Å². The van der Waals surface area contributed by atoms with Gasteiger partial charge in [0.15, 0.2) is 0 Å². The van der Waals surface area contributed by atoms with Gasteiger partial charge in [-0.2, -0.15) is 10.2 Å². The van der Waals surface area contributed by atoms with E-state index < -0.39 is 10.8 Å². The van der Waals surface area contributed by atoms with Crippen molar-refractivity contribution >= 4 is 29.4 Å². The number of hydrazone groups is 1. The molecule has 0 radical (unpaired) electrons. The average Bonchev–Trinajstić information content (AvgIpc) is 3.35. The van der Waals surface area contributed by atoms with Crippen LogP contribution in [-0.2, 0) is 6.61 Å². The predicted molar refractivity (Wildman–Crippen MR) is 128 cm³/mol. The number of H-pyrrole nitrogens is 1. The quantitative estimate of drug-likeness (QED) is 0.211. The molecule has 1 amide bonds. The first-order chi connectivity index (χ1) is 16.5. The Balaban J connectivity index is 1.36. The molecule has 0 spiro atoms. The summed E-state index contributed by atoms with van der Waals surface area (Å²) in [4.78, 5) is 22.6. The minimum atomic E-state index is -0.486. The summed E-state index contributed by atoms with van der Waals surface area (Å²) in [5, 5.41) is 22.1. The zero-order valence-electron chi connectivity index (χ0n) is 17.6.